The molecule has 0 aromatic rings. The van der Waals surface area contributed by atoms with Crippen LogP contribution in [0.25, 0.3) is 0 Å². The molecule has 68 heavy (non-hydrogen) atoms. The Kier molecular flexibility index (Phi) is 42.5. The molecule has 0 saturated carbocycles. The van der Waals surface area contributed by atoms with Crippen LogP contribution >= 0.6 is 0 Å². The molecule has 1 heterocycles. The molecule has 12 nitrogen and oxygen atoms in total. The van der Waals surface area contributed by atoms with E-state index in [0.29, 0.717) is 19.3 Å². The molecule has 6 atom stereocenters. The quantitative estimate of drug-likeness (QED) is 0.0196. The summed E-state index contributed by atoms with van der Waals surface area (Å²) in [7, 11) is -4.61. The normalized spacial score (nSPS) is 19.3. The van der Waals surface area contributed by atoms with Crippen LogP contribution in [0.2, 0.25) is 0 Å². The number of ether oxygens (including phenoxy) is 4. The van der Waals surface area contributed by atoms with Gasteiger partial charge in [0, 0.05) is 12.8 Å². The summed E-state index contributed by atoms with van der Waals surface area (Å²) in [4.78, 5) is 25.5. The molecule has 1 aliphatic rings. The molecule has 0 radical (unpaired) electrons. The molecule has 0 spiro atoms. The van der Waals surface area contributed by atoms with Crippen LogP contribution in [-0.2, 0) is 38.7 Å². The summed E-state index contributed by atoms with van der Waals surface area (Å²) < 4.78 is 54.3. The van der Waals surface area contributed by atoms with E-state index >= 15 is 0 Å². The van der Waals surface area contributed by atoms with Gasteiger partial charge >= 0.3 is 11.9 Å². The first-order valence-electron chi connectivity index (χ1n) is 27.9. The van der Waals surface area contributed by atoms with Crippen molar-refractivity contribution >= 4 is 22.1 Å². The lowest BCUT2D eigenvalue weighted by Gasteiger charge is -2.40. The van der Waals surface area contributed by atoms with Gasteiger partial charge in [-0.3, -0.25) is 14.1 Å². The highest BCUT2D eigenvalue weighted by atomic mass is 32.2. The maximum absolute atomic E-state index is 12.9. The maximum Gasteiger partial charge on any atom is 0.306 e. The van der Waals surface area contributed by atoms with E-state index in [1.165, 1.54) is 180 Å². The molecule has 1 saturated heterocycles. The van der Waals surface area contributed by atoms with Gasteiger partial charge in [0.05, 0.1) is 6.61 Å². The minimum absolute atomic E-state index is 0.104. The van der Waals surface area contributed by atoms with Gasteiger partial charge in [0.15, 0.2) is 12.4 Å². The molecule has 1 aliphatic heterocycles. The summed E-state index contributed by atoms with van der Waals surface area (Å²) in [6.45, 7) is 3.78. The summed E-state index contributed by atoms with van der Waals surface area (Å²) in [5.74, 6) is -2.02. The number of rotatable bonds is 48. The van der Waals surface area contributed by atoms with Gasteiger partial charge in [-0.25, -0.2) is 0 Å². The zero-order chi connectivity index (χ0) is 49.8. The summed E-state index contributed by atoms with van der Waals surface area (Å²) in [5.41, 5.74) is 0. The molecule has 13 heteroatoms. The second-order valence-electron chi connectivity index (χ2n) is 19.6. The van der Waals surface area contributed by atoms with Crippen LogP contribution < -0.4 is 0 Å². The number of aliphatic hydroxyl groups excluding tert-OH is 3. The lowest BCUT2D eigenvalue weighted by Crippen LogP contribution is -2.60. The molecular weight excluding hydrogens is 885 g/mol. The lowest BCUT2D eigenvalue weighted by atomic mass is 10.00. The number of carbonyl (C=O) groups is 2. The molecule has 4 N–H and O–H groups in total. The van der Waals surface area contributed by atoms with Crippen molar-refractivity contribution in [1.82, 2.24) is 0 Å². The Morgan fingerprint density at radius 1 is 0.500 bits per heavy atom. The van der Waals surface area contributed by atoms with Crippen LogP contribution in [0.15, 0.2) is 24.3 Å². The number of hydrogen-bond donors (Lipinski definition) is 4. The Labute approximate surface area is 415 Å². The van der Waals surface area contributed by atoms with Crippen molar-refractivity contribution in [2.24, 2.45) is 0 Å². The van der Waals surface area contributed by atoms with Gasteiger partial charge < -0.3 is 34.3 Å². The van der Waals surface area contributed by atoms with E-state index < -0.39 is 71.2 Å². The van der Waals surface area contributed by atoms with Crippen molar-refractivity contribution < 1.29 is 56.8 Å². The molecule has 2 unspecified atom stereocenters. The van der Waals surface area contributed by atoms with Crippen LogP contribution in [0.1, 0.15) is 258 Å². The van der Waals surface area contributed by atoms with Crippen LogP contribution in [-0.4, -0.2) is 96.0 Å². The molecule has 0 bridgehead atoms. The van der Waals surface area contributed by atoms with E-state index in [4.69, 9.17) is 18.9 Å². The third kappa shape index (κ3) is 38.8. The van der Waals surface area contributed by atoms with E-state index in [9.17, 15) is 37.9 Å². The number of esters is 2. The number of hydrogen-bond acceptors (Lipinski definition) is 11. The number of allylic oxidation sites excluding steroid dienone is 4. The molecule has 0 amide bonds. The van der Waals surface area contributed by atoms with Crippen LogP contribution in [0.3, 0.4) is 0 Å². The van der Waals surface area contributed by atoms with Gasteiger partial charge in [0.25, 0.3) is 10.1 Å². The smallest absolute Gasteiger partial charge is 0.306 e. The Hall–Kier alpha value is -1.87. The number of carbonyl (C=O) groups excluding carboxylic acids is 2. The Bertz CT molecular complexity index is 1340. The van der Waals surface area contributed by atoms with E-state index in [1.807, 2.05) is 6.08 Å². The van der Waals surface area contributed by atoms with Crippen molar-refractivity contribution in [3.05, 3.63) is 24.3 Å². The second kappa shape index (κ2) is 45.0. The van der Waals surface area contributed by atoms with E-state index in [0.717, 1.165) is 32.1 Å². The van der Waals surface area contributed by atoms with Crippen molar-refractivity contribution in [3.63, 3.8) is 0 Å². The highest BCUT2D eigenvalue weighted by molar-refractivity contribution is 7.85. The fraction of sp³-hybridized carbons (Fsp3) is 0.891. The van der Waals surface area contributed by atoms with Crippen LogP contribution in [0.5, 0.6) is 0 Å². The first-order valence-corrected chi connectivity index (χ1v) is 29.5. The van der Waals surface area contributed by atoms with Crippen LogP contribution in [0, 0.1) is 0 Å². The van der Waals surface area contributed by atoms with Gasteiger partial charge in [-0.05, 0) is 38.5 Å². The highest BCUT2D eigenvalue weighted by Gasteiger charge is 2.46. The number of unbranched alkanes of at least 4 members (excludes halogenated alkanes) is 32. The monoisotopic (exact) mass is 987 g/mol. The molecule has 0 aromatic heterocycles. The summed E-state index contributed by atoms with van der Waals surface area (Å²) in [6, 6.07) is 0. The average Bonchev–Trinajstić information content (AvgIpc) is 3.31. The zero-order valence-electron chi connectivity index (χ0n) is 43.2. The van der Waals surface area contributed by atoms with Crippen molar-refractivity contribution in [2.75, 3.05) is 19.0 Å². The molecule has 0 aromatic carbocycles. The Morgan fingerprint density at radius 2 is 0.897 bits per heavy atom. The topological polar surface area (TPSA) is 186 Å². The van der Waals surface area contributed by atoms with Gasteiger partial charge in [-0.1, -0.05) is 231 Å². The Balaban J connectivity index is 2.33. The highest BCUT2D eigenvalue weighted by Crippen LogP contribution is 2.24. The van der Waals surface area contributed by atoms with Gasteiger partial charge in [-0.2, -0.15) is 8.42 Å². The molecule has 400 valence electrons. The molecule has 1 fully saturated rings. The van der Waals surface area contributed by atoms with E-state index in [1.54, 1.807) is 0 Å². The van der Waals surface area contributed by atoms with Gasteiger partial charge in [0.1, 0.15) is 36.8 Å². The van der Waals surface area contributed by atoms with Crippen molar-refractivity contribution in [3.8, 4) is 0 Å². The minimum Gasteiger partial charge on any atom is -0.462 e. The third-order valence-corrected chi connectivity index (χ3v) is 13.8. The van der Waals surface area contributed by atoms with Crippen LogP contribution in [0.4, 0.5) is 0 Å². The molecule has 1 rings (SSSR count). The first-order chi connectivity index (χ1) is 33.0. The fourth-order valence-corrected chi connectivity index (χ4v) is 9.41. The van der Waals surface area contributed by atoms with Crippen molar-refractivity contribution in [2.45, 2.75) is 295 Å². The lowest BCUT2D eigenvalue weighted by molar-refractivity contribution is -0.297. The van der Waals surface area contributed by atoms with E-state index in [2.05, 4.69) is 32.1 Å². The summed E-state index contributed by atoms with van der Waals surface area (Å²) >= 11 is 0. The summed E-state index contributed by atoms with van der Waals surface area (Å²) in [6.07, 6.45) is 43.8. The predicted octanol–water partition coefficient (Wildman–Crippen LogP) is 13.1. The maximum atomic E-state index is 12.9. The number of aliphatic hydroxyl groups is 3. The van der Waals surface area contributed by atoms with E-state index in [-0.39, 0.29) is 19.4 Å². The Morgan fingerprint density at radius 3 is 1.34 bits per heavy atom. The zero-order valence-corrected chi connectivity index (χ0v) is 44.0. The SMILES string of the molecule is CCCCCCCCCCC/C=C/C/C=C/CCCC(=O)O[C@H](COC(=O)CCCCCCCCCCCCCCCCCCCCCCCCC)CO[C@H]1O[C@H](CS(=O)(=O)O)[C@@H](O)C(O)C1O. The standard InChI is InChI=1S/C55H102O12S/c1-3-5-7-9-11-13-15-17-19-21-22-23-24-25-26-28-29-31-33-35-37-39-41-43-50(56)64-45-48(46-65-55-54(60)53(59)52(58)49(67-55)47-68(61,62)63)66-51(57)44-42-40-38-36-34-32-30-27-20-18-16-14-12-10-8-6-4-2/h30,32,36,38,48-49,52-55,58-60H,3-29,31,33-35,37,39-47H2,1-2H3,(H,61,62,63)/b32-30+,38-36+/t48-,49-,52-,53?,54?,55+/m1/s1. The predicted molar refractivity (Wildman–Crippen MR) is 275 cm³/mol. The third-order valence-electron chi connectivity index (χ3n) is 13.0. The first kappa shape index (κ1) is 64.1. The largest absolute Gasteiger partial charge is 0.462 e. The molecule has 0 aliphatic carbocycles. The minimum atomic E-state index is -4.61. The molecular formula is C55H102O12S. The van der Waals surface area contributed by atoms with Gasteiger partial charge in [0.2, 0.25) is 0 Å². The van der Waals surface area contributed by atoms with Crippen molar-refractivity contribution in [1.29, 1.82) is 0 Å². The van der Waals surface area contributed by atoms with Gasteiger partial charge in [-0.15, -0.1) is 0 Å². The fourth-order valence-electron chi connectivity index (χ4n) is 8.72. The second-order valence-corrected chi connectivity index (χ2v) is 21.1. The average molecular weight is 987 g/mol. The summed E-state index contributed by atoms with van der Waals surface area (Å²) in [5, 5.41) is 31.0.